The molecule has 146 valence electrons. The van der Waals surface area contributed by atoms with Crippen LogP contribution in [-0.4, -0.2) is 32.3 Å². The molecule has 6 nitrogen and oxygen atoms in total. The van der Waals surface area contributed by atoms with E-state index in [0.29, 0.717) is 22.9 Å². The van der Waals surface area contributed by atoms with E-state index in [1.807, 2.05) is 36.6 Å². The standard InChI is InChI=1S/C21H21NO5S/c1-13-5-7-14(8-6-13)20-22-15(12-28-20)11-27-21(23)16-9-18(25-3)19(26-4)10-17(16)24-2/h5-10,12H,11H2,1-4H3. The lowest BCUT2D eigenvalue weighted by molar-refractivity contribution is 0.0464. The van der Waals surface area contributed by atoms with E-state index < -0.39 is 5.97 Å². The normalized spacial score (nSPS) is 10.4. The van der Waals surface area contributed by atoms with Crippen LogP contribution in [-0.2, 0) is 11.3 Å². The third kappa shape index (κ3) is 4.26. The van der Waals surface area contributed by atoms with Crippen molar-refractivity contribution in [1.29, 1.82) is 0 Å². The average Bonchev–Trinajstić information content (AvgIpc) is 3.20. The highest BCUT2D eigenvalue weighted by Gasteiger charge is 2.19. The number of rotatable bonds is 7. The number of hydrogen-bond acceptors (Lipinski definition) is 7. The van der Waals surface area contributed by atoms with Crippen LogP contribution in [0, 0.1) is 6.92 Å². The number of nitrogens with zero attached hydrogens (tertiary/aromatic N) is 1. The minimum absolute atomic E-state index is 0.0681. The third-order valence-corrected chi connectivity index (χ3v) is 5.07. The largest absolute Gasteiger partial charge is 0.496 e. The van der Waals surface area contributed by atoms with Gasteiger partial charge in [0.1, 0.15) is 22.9 Å². The number of benzene rings is 2. The van der Waals surface area contributed by atoms with Gasteiger partial charge in [-0.25, -0.2) is 9.78 Å². The predicted molar refractivity (Wildman–Crippen MR) is 108 cm³/mol. The van der Waals surface area contributed by atoms with Gasteiger partial charge in [0.2, 0.25) is 0 Å². The monoisotopic (exact) mass is 399 g/mol. The summed E-state index contributed by atoms with van der Waals surface area (Å²) in [6, 6.07) is 11.3. The van der Waals surface area contributed by atoms with E-state index in [1.54, 1.807) is 12.1 Å². The van der Waals surface area contributed by atoms with Gasteiger partial charge < -0.3 is 18.9 Å². The molecule has 0 spiro atoms. The Bertz CT molecular complexity index is 965. The Kier molecular flexibility index (Phi) is 6.16. The van der Waals surface area contributed by atoms with Gasteiger partial charge in [0.05, 0.1) is 27.0 Å². The SMILES string of the molecule is COc1cc(OC)c(C(=O)OCc2csc(-c3ccc(C)cc3)n2)cc1OC. The molecule has 0 radical (unpaired) electrons. The molecular weight excluding hydrogens is 378 g/mol. The summed E-state index contributed by atoms with van der Waals surface area (Å²) in [5.41, 5.74) is 3.18. The van der Waals surface area contributed by atoms with Crippen LogP contribution < -0.4 is 14.2 Å². The lowest BCUT2D eigenvalue weighted by Crippen LogP contribution is -2.08. The van der Waals surface area contributed by atoms with Crippen molar-refractivity contribution in [3.8, 4) is 27.8 Å². The molecular formula is C21H21NO5S. The minimum atomic E-state index is -0.525. The van der Waals surface area contributed by atoms with Crippen molar-refractivity contribution in [3.05, 3.63) is 58.6 Å². The van der Waals surface area contributed by atoms with Gasteiger partial charge in [-0.2, -0.15) is 0 Å². The molecule has 0 saturated heterocycles. The fourth-order valence-electron chi connectivity index (χ4n) is 2.61. The molecule has 0 amide bonds. The molecule has 0 aliphatic rings. The van der Waals surface area contributed by atoms with E-state index >= 15 is 0 Å². The molecule has 3 aromatic rings. The van der Waals surface area contributed by atoms with Crippen LogP contribution in [0.3, 0.4) is 0 Å². The van der Waals surface area contributed by atoms with E-state index in [-0.39, 0.29) is 12.2 Å². The lowest BCUT2D eigenvalue weighted by atomic mass is 10.1. The highest BCUT2D eigenvalue weighted by molar-refractivity contribution is 7.13. The lowest BCUT2D eigenvalue weighted by Gasteiger charge is -2.13. The molecule has 1 aromatic heterocycles. The van der Waals surface area contributed by atoms with Crippen molar-refractivity contribution in [2.75, 3.05) is 21.3 Å². The minimum Gasteiger partial charge on any atom is -0.496 e. The number of aromatic nitrogens is 1. The fourth-order valence-corrected chi connectivity index (χ4v) is 3.42. The zero-order valence-electron chi connectivity index (χ0n) is 16.1. The molecule has 28 heavy (non-hydrogen) atoms. The maximum atomic E-state index is 12.6. The molecule has 2 aromatic carbocycles. The zero-order valence-corrected chi connectivity index (χ0v) is 17.0. The van der Waals surface area contributed by atoms with Crippen LogP contribution in [0.4, 0.5) is 0 Å². The van der Waals surface area contributed by atoms with Crippen molar-refractivity contribution in [2.45, 2.75) is 13.5 Å². The Morgan fingerprint density at radius 2 is 1.61 bits per heavy atom. The van der Waals surface area contributed by atoms with Gasteiger partial charge in [0.25, 0.3) is 0 Å². The molecule has 0 unspecified atom stereocenters. The molecule has 7 heteroatoms. The summed E-state index contributed by atoms with van der Waals surface area (Å²) in [6.07, 6.45) is 0. The topological polar surface area (TPSA) is 66.9 Å². The number of thiazole rings is 1. The molecule has 0 atom stereocenters. The first-order valence-corrected chi connectivity index (χ1v) is 9.42. The first-order chi connectivity index (χ1) is 13.5. The second kappa shape index (κ2) is 8.75. The van der Waals surface area contributed by atoms with Crippen LogP contribution in [0.25, 0.3) is 10.6 Å². The zero-order chi connectivity index (χ0) is 20.1. The first kappa shape index (κ1) is 19.7. The molecule has 0 bridgehead atoms. The number of esters is 1. The average molecular weight is 399 g/mol. The summed E-state index contributed by atoms with van der Waals surface area (Å²) in [5.74, 6) is 0.715. The van der Waals surface area contributed by atoms with Gasteiger partial charge in [-0.3, -0.25) is 0 Å². The van der Waals surface area contributed by atoms with E-state index in [0.717, 1.165) is 10.6 Å². The number of carbonyl (C=O) groups excluding carboxylic acids is 1. The maximum absolute atomic E-state index is 12.6. The Morgan fingerprint density at radius 1 is 0.964 bits per heavy atom. The smallest absolute Gasteiger partial charge is 0.342 e. The molecule has 0 N–H and O–H groups in total. The quantitative estimate of drug-likeness (QED) is 0.545. The summed E-state index contributed by atoms with van der Waals surface area (Å²) in [7, 11) is 4.50. The van der Waals surface area contributed by atoms with Crippen LogP contribution in [0.1, 0.15) is 21.6 Å². The van der Waals surface area contributed by atoms with E-state index in [1.165, 1.54) is 38.2 Å². The van der Waals surface area contributed by atoms with Crippen molar-refractivity contribution >= 4 is 17.3 Å². The summed E-state index contributed by atoms with van der Waals surface area (Å²) in [5, 5.41) is 2.77. The van der Waals surface area contributed by atoms with Crippen molar-refractivity contribution in [2.24, 2.45) is 0 Å². The Balaban J connectivity index is 1.73. The Hall–Kier alpha value is -3.06. The third-order valence-electron chi connectivity index (χ3n) is 4.13. The summed E-state index contributed by atoms with van der Waals surface area (Å²) in [6.45, 7) is 2.11. The summed E-state index contributed by atoms with van der Waals surface area (Å²) in [4.78, 5) is 17.1. The van der Waals surface area contributed by atoms with E-state index in [2.05, 4.69) is 4.98 Å². The molecule has 0 fully saturated rings. The van der Waals surface area contributed by atoms with Crippen molar-refractivity contribution in [1.82, 2.24) is 4.98 Å². The second-order valence-electron chi connectivity index (χ2n) is 5.99. The Labute approximate surface area is 167 Å². The molecule has 3 rings (SSSR count). The first-order valence-electron chi connectivity index (χ1n) is 8.54. The predicted octanol–water partition coefficient (Wildman–Crippen LogP) is 4.50. The van der Waals surface area contributed by atoms with Gasteiger partial charge in [-0.1, -0.05) is 29.8 Å². The molecule has 0 aliphatic carbocycles. The number of carbonyl (C=O) groups is 1. The van der Waals surface area contributed by atoms with Gasteiger partial charge in [0.15, 0.2) is 11.5 Å². The number of methoxy groups -OCH3 is 3. The maximum Gasteiger partial charge on any atom is 0.342 e. The van der Waals surface area contributed by atoms with Gasteiger partial charge >= 0.3 is 5.97 Å². The second-order valence-corrected chi connectivity index (χ2v) is 6.85. The van der Waals surface area contributed by atoms with Gasteiger partial charge in [0, 0.05) is 23.1 Å². The van der Waals surface area contributed by atoms with Crippen LogP contribution in [0.5, 0.6) is 17.2 Å². The molecule has 0 saturated carbocycles. The van der Waals surface area contributed by atoms with E-state index in [9.17, 15) is 4.79 Å². The van der Waals surface area contributed by atoms with E-state index in [4.69, 9.17) is 18.9 Å². The van der Waals surface area contributed by atoms with Crippen LogP contribution >= 0.6 is 11.3 Å². The number of aryl methyl sites for hydroxylation is 1. The van der Waals surface area contributed by atoms with Crippen molar-refractivity contribution < 1.29 is 23.7 Å². The van der Waals surface area contributed by atoms with Gasteiger partial charge in [-0.15, -0.1) is 11.3 Å². The summed E-state index contributed by atoms with van der Waals surface area (Å²) >= 11 is 1.51. The van der Waals surface area contributed by atoms with Gasteiger partial charge in [-0.05, 0) is 6.92 Å². The highest BCUT2D eigenvalue weighted by Crippen LogP contribution is 2.35. The van der Waals surface area contributed by atoms with Crippen molar-refractivity contribution in [3.63, 3.8) is 0 Å². The number of hydrogen-bond donors (Lipinski definition) is 0. The fraction of sp³-hybridized carbons (Fsp3) is 0.238. The summed E-state index contributed by atoms with van der Waals surface area (Å²) < 4.78 is 21.2. The number of ether oxygens (including phenoxy) is 4. The van der Waals surface area contributed by atoms with Crippen LogP contribution in [0.15, 0.2) is 41.8 Å². The van der Waals surface area contributed by atoms with Crippen LogP contribution in [0.2, 0.25) is 0 Å². The highest BCUT2D eigenvalue weighted by atomic mass is 32.1. The molecule has 1 heterocycles. The Morgan fingerprint density at radius 3 is 2.25 bits per heavy atom. The molecule has 0 aliphatic heterocycles.